The van der Waals surface area contributed by atoms with E-state index < -0.39 is 23.3 Å². The van der Waals surface area contributed by atoms with Gasteiger partial charge >= 0.3 is 0 Å². The van der Waals surface area contributed by atoms with Crippen molar-refractivity contribution >= 4 is 23.4 Å². The van der Waals surface area contributed by atoms with Crippen LogP contribution in [0.1, 0.15) is 22.6 Å². The van der Waals surface area contributed by atoms with Crippen molar-refractivity contribution in [2.24, 2.45) is 5.92 Å². The summed E-state index contributed by atoms with van der Waals surface area (Å²) < 4.78 is 5.84. The van der Waals surface area contributed by atoms with Gasteiger partial charge in [0.05, 0.1) is 11.6 Å². The van der Waals surface area contributed by atoms with Gasteiger partial charge in [0.2, 0.25) is 11.9 Å². The Morgan fingerprint density at radius 2 is 1.63 bits per heavy atom. The average molecular weight is 463 g/mol. The fourth-order valence-corrected chi connectivity index (χ4v) is 4.10. The second-order valence-electron chi connectivity index (χ2n) is 8.08. The number of anilines is 3. The molecule has 0 bridgehead atoms. The van der Waals surface area contributed by atoms with Crippen molar-refractivity contribution < 1.29 is 9.53 Å². The second-order valence-corrected chi connectivity index (χ2v) is 8.08. The number of aromatic amines is 1. The number of benzene rings is 3. The van der Waals surface area contributed by atoms with E-state index in [0.29, 0.717) is 17.9 Å². The number of amides is 1. The molecule has 0 fully saturated rings. The minimum absolute atomic E-state index is 0.137. The summed E-state index contributed by atoms with van der Waals surface area (Å²) in [5.74, 6) is -1.38. The highest BCUT2D eigenvalue weighted by Crippen LogP contribution is 2.38. The van der Waals surface area contributed by atoms with Crippen LogP contribution in [0.2, 0.25) is 0 Å². The number of nitrogens with one attached hydrogen (secondary N) is 3. The molecule has 0 spiro atoms. The van der Waals surface area contributed by atoms with Gasteiger partial charge in [-0.2, -0.15) is 10.2 Å². The molecule has 8 heteroatoms. The Morgan fingerprint density at radius 1 is 0.943 bits per heavy atom. The molecule has 8 nitrogen and oxygen atoms in total. The highest BCUT2D eigenvalue weighted by atomic mass is 16.5. The molecule has 1 amide bonds. The number of rotatable bonds is 6. The van der Waals surface area contributed by atoms with E-state index in [2.05, 4.69) is 20.6 Å². The largest absolute Gasteiger partial charge is 0.489 e. The van der Waals surface area contributed by atoms with Crippen LogP contribution in [0.4, 0.5) is 17.5 Å². The van der Waals surface area contributed by atoms with E-state index in [9.17, 15) is 14.9 Å². The zero-order valence-corrected chi connectivity index (χ0v) is 18.6. The molecule has 172 valence electrons. The van der Waals surface area contributed by atoms with Gasteiger partial charge in [-0.15, -0.1) is 0 Å². The quantitative estimate of drug-likeness (QED) is 0.392. The fourth-order valence-electron chi connectivity index (χ4n) is 4.10. The van der Waals surface area contributed by atoms with Crippen LogP contribution in [0.3, 0.4) is 0 Å². The number of carbonyl (C=O) groups excluding carboxylic acids is 1. The van der Waals surface area contributed by atoms with Gasteiger partial charge in [-0.05, 0) is 35.4 Å². The molecule has 0 aliphatic carbocycles. The minimum Gasteiger partial charge on any atom is -0.489 e. The molecule has 1 aliphatic heterocycles. The van der Waals surface area contributed by atoms with Gasteiger partial charge in [0.25, 0.3) is 5.56 Å². The number of nitriles is 1. The third-order valence-corrected chi connectivity index (χ3v) is 5.79. The van der Waals surface area contributed by atoms with E-state index in [4.69, 9.17) is 4.74 Å². The van der Waals surface area contributed by atoms with Gasteiger partial charge in [-0.3, -0.25) is 14.6 Å². The zero-order chi connectivity index (χ0) is 24.2. The van der Waals surface area contributed by atoms with Crippen LogP contribution in [-0.4, -0.2) is 15.9 Å². The molecular weight excluding hydrogens is 442 g/mol. The first kappa shape index (κ1) is 21.9. The van der Waals surface area contributed by atoms with E-state index in [0.717, 1.165) is 11.3 Å². The zero-order valence-electron chi connectivity index (χ0n) is 18.6. The SMILES string of the molecule is N#C[C@H]1C(=O)Nc2nc(Nc3ccccc3)[nH]c(=O)c2[C@@H]1c1ccc(OCc2ccccc2)cc1. The monoisotopic (exact) mass is 463 g/mol. The topological polar surface area (TPSA) is 120 Å². The molecule has 1 aliphatic rings. The Labute approximate surface area is 201 Å². The lowest BCUT2D eigenvalue weighted by Crippen LogP contribution is -2.38. The van der Waals surface area contributed by atoms with Crippen molar-refractivity contribution in [3.8, 4) is 11.8 Å². The molecule has 0 saturated carbocycles. The lowest BCUT2D eigenvalue weighted by atomic mass is 9.79. The Hall–Kier alpha value is -4.90. The van der Waals surface area contributed by atoms with Crippen LogP contribution in [0.25, 0.3) is 0 Å². The lowest BCUT2D eigenvalue weighted by Gasteiger charge is -2.28. The van der Waals surface area contributed by atoms with Crippen LogP contribution in [0, 0.1) is 17.2 Å². The number of para-hydroxylation sites is 1. The van der Waals surface area contributed by atoms with Crippen molar-refractivity contribution in [1.29, 1.82) is 5.26 Å². The molecule has 0 radical (unpaired) electrons. The number of H-pyrrole nitrogens is 1. The van der Waals surface area contributed by atoms with Crippen LogP contribution in [0.5, 0.6) is 5.75 Å². The summed E-state index contributed by atoms with van der Waals surface area (Å²) in [7, 11) is 0. The van der Waals surface area contributed by atoms with Gasteiger partial charge < -0.3 is 15.4 Å². The standard InChI is InChI=1S/C27H21N5O3/c28-15-21-22(18-11-13-20(14-12-18)35-16-17-7-3-1-4-8-17)23-24(30-25(21)33)31-27(32-26(23)34)29-19-9-5-2-6-10-19/h1-14,21-22H,16H2,(H3,29,30,31,32,33,34)/t21-,22-/m1/s1. The molecular formula is C27H21N5O3. The van der Waals surface area contributed by atoms with Crippen LogP contribution in [-0.2, 0) is 11.4 Å². The summed E-state index contributed by atoms with van der Waals surface area (Å²) in [5.41, 5.74) is 2.23. The van der Waals surface area contributed by atoms with E-state index in [-0.39, 0.29) is 17.3 Å². The second kappa shape index (κ2) is 9.53. The Bertz CT molecular complexity index is 1440. The summed E-state index contributed by atoms with van der Waals surface area (Å²) >= 11 is 0. The van der Waals surface area contributed by atoms with Crippen LogP contribution in [0.15, 0.2) is 89.7 Å². The Morgan fingerprint density at radius 3 is 2.31 bits per heavy atom. The number of aromatic nitrogens is 2. The molecule has 35 heavy (non-hydrogen) atoms. The van der Waals surface area contributed by atoms with Crippen molar-refractivity contribution in [3.63, 3.8) is 0 Å². The summed E-state index contributed by atoms with van der Waals surface area (Å²) in [6.07, 6.45) is 0. The first-order valence-corrected chi connectivity index (χ1v) is 11.1. The van der Waals surface area contributed by atoms with Crippen molar-refractivity contribution in [2.75, 3.05) is 10.6 Å². The van der Waals surface area contributed by atoms with Crippen LogP contribution >= 0.6 is 0 Å². The maximum atomic E-state index is 13.1. The molecule has 3 N–H and O–H groups in total. The normalized spacial score (nSPS) is 16.5. The van der Waals surface area contributed by atoms with E-state index >= 15 is 0 Å². The van der Waals surface area contributed by atoms with Crippen molar-refractivity contribution in [1.82, 2.24) is 9.97 Å². The minimum atomic E-state index is -1.07. The van der Waals surface area contributed by atoms with Gasteiger partial charge in [0, 0.05) is 11.6 Å². The smallest absolute Gasteiger partial charge is 0.258 e. The number of carbonyl (C=O) groups is 1. The molecule has 3 aromatic carbocycles. The summed E-state index contributed by atoms with van der Waals surface area (Å²) in [6, 6.07) is 28.1. The number of hydrogen-bond donors (Lipinski definition) is 3. The van der Waals surface area contributed by atoms with Crippen molar-refractivity contribution in [3.05, 3.63) is 112 Å². The number of ether oxygens (including phenoxy) is 1. The molecule has 0 saturated heterocycles. The molecule has 2 heterocycles. The third kappa shape index (κ3) is 4.61. The average Bonchev–Trinajstić information content (AvgIpc) is 2.88. The summed E-state index contributed by atoms with van der Waals surface area (Å²) in [4.78, 5) is 33.0. The third-order valence-electron chi connectivity index (χ3n) is 5.79. The first-order chi connectivity index (χ1) is 17.1. The van der Waals surface area contributed by atoms with Gasteiger partial charge in [0.15, 0.2) is 0 Å². The summed E-state index contributed by atoms with van der Waals surface area (Å²) in [5, 5.41) is 15.4. The number of hydrogen-bond acceptors (Lipinski definition) is 6. The molecule has 5 rings (SSSR count). The molecule has 2 atom stereocenters. The molecule has 4 aromatic rings. The van der Waals surface area contributed by atoms with Crippen molar-refractivity contribution in [2.45, 2.75) is 12.5 Å². The summed E-state index contributed by atoms with van der Waals surface area (Å²) in [6.45, 7) is 0.413. The van der Waals surface area contributed by atoms with E-state index in [1.54, 1.807) is 24.3 Å². The molecule has 1 aromatic heterocycles. The van der Waals surface area contributed by atoms with Gasteiger partial charge in [0.1, 0.15) is 24.1 Å². The van der Waals surface area contributed by atoms with Gasteiger partial charge in [-0.1, -0.05) is 60.7 Å². The number of fused-ring (bicyclic) bond motifs is 1. The van der Waals surface area contributed by atoms with Crippen LogP contribution < -0.4 is 20.9 Å². The van der Waals surface area contributed by atoms with E-state index in [1.807, 2.05) is 66.7 Å². The lowest BCUT2D eigenvalue weighted by molar-refractivity contribution is -0.119. The number of nitrogens with zero attached hydrogens (tertiary/aromatic N) is 2. The highest BCUT2D eigenvalue weighted by Gasteiger charge is 2.40. The predicted molar refractivity (Wildman–Crippen MR) is 131 cm³/mol. The molecule has 0 unspecified atom stereocenters. The van der Waals surface area contributed by atoms with E-state index in [1.165, 1.54) is 0 Å². The highest BCUT2D eigenvalue weighted by molar-refractivity contribution is 5.98. The Kier molecular flexibility index (Phi) is 5.97. The fraction of sp³-hybridized carbons (Fsp3) is 0.111. The first-order valence-electron chi connectivity index (χ1n) is 11.1. The maximum Gasteiger partial charge on any atom is 0.258 e. The van der Waals surface area contributed by atoms with Gasteiger partial charge in [-0.25, -0.2) is 0 Å². The Balaban J connectivity index is 1.45. The predicted octanol–water partition coefficient (Wildman–Crippen LogP) is 4.32. The maximum absolute atomic E-state index is 13.1.